The van der Waals surface area contributed by atoms with Crippen LogP contribution < -0.4 is 15.5 Å². The molecule has 0 fully saturated rings. The van der Waals surface area contributed by atoms with Crippen molar-refractivity contribution in [2.45, 2.75) is 53.1 Å². The second-order valence-electron chi connectivity index (χ2n) is 8.92. The Hall–Kier alpha value is -2.56. The second-order valence-corrected chi connectivity index (χ2v) is 9.67. The van der Waals surface area contributed by atoms with E-state index in [-0.39, 0.29) is 24.1 Å². The van der Waals surface area contributed by atoms with Crippen molar-refractivity contribution < 1.29 is 23.1 Å². The molecule has 1 heterocycles. The molecule has 0 saturated heterocycles. The van der Waals surface area contributed by atoms with E-state index in [4.69, 9.17) is 5.11 Å². The molecule has 184 valence electrons. The van der Waals surface area contributed by atoms with Crippen LogP contribution in [-0.2, 0) is 11.0 Å². The van der Waals surface area contributed by atoms with Gasteiger partial charge in [0.15, 0.2) is 0 Å². The number of carbonyl (C=O) groups is 1. The third kappa shape index (κ3) is 8.38. The van der Waals surface area contributed by atoms with Crippen molar-refractivity contribution in [1.29, 1.82) is 0 Å². The van der Waals surface area contributed by atoms with Crippen molar-refractivity contribution in [1.82, 2.24) is 9.36 Å². The van der Waals surface area contributed by atoms with Gasteiger partial charge in [0, 0.05) is 24.6 Å². The minimum absolute atomic E-state index is 0.00371. The van der Waals surface area contributed by atoms with Crippen LogP contribution >= 0.6 is 11.5 Å². The largest absolute Gasteiger partial charge is 0.481 e. The number of anilines is 3. The highest BCUT2D eigenvalue weighted by Gasteiger charge is 2.36. The molecule has 0 bridgehead atoms. The van der Waals surface area contributed by atoms with Crippen molar-refractivity contribution in [2.75, 3.05) is 35.3 Å². The van der Waals surface area contributed by atoms with Crippen LogP contribution in [0.25, 0.3) is 0 Å². The molecule has 2 rings (SSSR count). The maximum atomic E-state index is 12.7. The first-order valence-corrected chi connectivity index (χ1v) is 11.6. The summed E-state index contributed by atoms with van der Waals surface area (Å²) >= 11 is 0.646. The number of aliphatic carboxylic acids is 1. The van der Waals surface area contributed by atoms with E-state index >= 15 is 0 Å². The van der Waals surface area contributed by atoms with E-state index in [1.54, 1.807) is 0 Å². The Morgan fingerprint density at radius 1 is 1.12 bits per heavy atom. The lowest BCUT2D eigenvalue weighted by Crippen LogP contribution is -2.32. The van der Waals surface area contributed by atoms with Crippen molar-refractivity contribution >= 4 is 34.0 Å². The highest BCUT2D eigenvalue weighted by atomic mass is 32.1. The van der Waals surface area contributed by atoms with Crippen molar-refractivity contribution in [3.8, 4) is 0 Å². The summed E-state index contributed by atoms with van der Waals surface area (Å²) in [5.74, 6) is -1.39. The highest BCUT2D eigenvalue weighted by Crippen LogP contribution is 2.33. The van der Waals surface area contributed by atoms with Crippen LogP contribution in [-0.4, -0.2) is 40.2 Å². The van der Waals surface area contributed by atoms with E-state index in [1.807, 2.05) is 25.1 Å². The molecule has 0 aliphatic rings. The molecule has 0 aliphatic heterocycles. The summed E-state index contributed by atoms with van der Waals surface area (Å²) in [5, 5.41) is 15.3. The minimum atomic E-state index is -4.58. The fraction of sp³-hybridized carbons (Fsp3) is 0.591. The molecule has 7 nitrogen and oxygen atoms in total. The SMILES string of the molecule is CC(C)CN(CC(C)C)c1ccc([C@H](C)CC(=O)O)cc1NCNc1nc(C(F)(F)F)ns1. The molecule has 0 unspecified atom stereocenters. The lowest BCUT2D eigenvalue weighted by Gasteiger charge is -2.31. The number of alkyl halides is 3. The minimum Gasteiger partial charge on any atom is -0.481 e. The molecule has 0 amide bonds. The number of nitrogens with zero attached hydrogens (tertiary/aromatic N) is 3. The van der Waals surface area contributed by atoms with Gasteiger partial charge in [-0.25, -0.2) is 0 Å². The van der Waals surface area contributed by atoms with Crippen LogP contribution in [0.3, 0.4) is 0 Å². The summed E-state index contributed by atoms with van der Waals surface area (Å²) in [7, 11) is 0. The number of carboxylic acid groups (broad SMARTS) is 1. The zero-order valence-corrected chi connectivity index (χ0v) is 20.3. The Morgan fingerprint density at radius 3 is 2.27 bits per heavy atom. The number of aromatic nitrogens is 2. The first kappa shape index (κ1) is 26.7. The second kappa shape index (κ2) is 11.5. The van der Waals surface area contributed by atoms with Crippen molar-refractivity contribution in [3.05, 3.63) is 29.6 Å². The van der Waals surface area contributed by atoms with Crippen molar-refractivity contribution in [3.63, 3.8) is 0 Å². The number of nitrogens with one attached hydrogen (secondary N) is 2. The number of hydrogen-bond acceptors (Lipinski definition) is 7. The molecule has 0 spiro atoms. The smallest absolute Gasteiger partial charge is 0.452 e. The molecule has 1 aromatic heterocycles. The van der Waals surface area contributed by atoms with Crippen LogP contribution in [0.15, 0.2) is 18.2 Å². The Labute approximate surface area is 196 Å². The van der Waals surface area contributed by atoms with E-state index in [0.29, 0.717) is 23.4 Å². The van der Waals surface area contributed by atoms with Gasteiger partial charge in [-0.05, 0) is 35.4 Å². The average molecular weight is 488 g/mol. The maximum absolute atomic E-state index is 12.7. The van der Waals surface area contributed by atoms with Gasteiger partial charge in [-0.3, -0.25) is 4.79 Å². The molecule has 11 heteroatoms. The van der Waals surface area contributed by atoms with Gasteiger partial charge in [0.05, 0.1) is 24.5 Å². The zero-order chi connectivity index (χ0) is 24.8. The Morgan fingerprint density at radius 2 is 1.76 bits per heavy atom. The fourth-order valence-corrected chi connectivity index (χ4v) is 4.02. The number of rotatable bonds is 12. The number of carboxylic acids is 1. The number of hydrogen-bond donors (Lipinski definition) is 3. The van der Waals surface area contributed by atoms with Crippen LogP contribution in [0.5, 0.6) is 0 Å². The predicted molar refractivity (Wildman–Crippen MR) is 126 cm³/mol. The van der Waals surface area contributed by atoms with Gasteiger partial charge in [0.1, 0.15) is 0 Å². The summed E-state index contributed by atoms with van der Waals surface area (Å²) in [6, 6.07) is 5.84. The number of benzene rings is 1. The Bertz CT molecular complexity index is 908. The number of halogens is 3. The van der Waals surface area contributed by atoms with Gasteiger partial charge in [0.2, 0.25) is 11.0 Å². The van der Waals surface area contributed by atoms with Crippen molar-refractivity contribution in [2.24, 2.45) is 11.8 Å². The fourth-order valence-electron chi connectivity index (χ4n) is 3.44. The van der Waals surface area contributed by atoms with E-state index in [1.165, 1.54) is 0 Å². The summed E-state index contributed by atoms with van der Waals surface area (Å²) in [6.45, 7) is 12.2. The van der Waals surface area contributed by atoms with E-state index in [2.05, 4.69) is 52.6 Å². The topological polar surface area (TPSA) is 90.4 Å². The van der Waals surface area contributed by atoms with Gasteiger partial charge in [-0.2, -0.15) is 22.5 Å². The van der Waals surface area contributed by atoms with Gasteiger partial charge in [0.25, 0.3) is 0 Å². The quantitative estimate of drug-likeness (QED) is 0.329. The summed E-state index contributed by atoms with van der Waals surface area (Å²) < 4.78 is 41.6. The molecular weight excluding hydrogens is 455 g/mol. The molecule has 0 saturated carbocycles. The Balaban J connectivity index is 2.27. The van der Waals surface area contributed by atoms with Crippen LogP contribution in [0.1, 0.15) is 58.3 Å². The molecular formula is C22H32F3N5O2S. The summed E-state index contributed by atoms with van der Waals surface area (Å²) in [4.78, 5) is 16.9. The molecule has 1 aromatic carbocycles. The van der Waals surface area contributed by atoms with Crippen LogP contribution in [0.4, 0.5) is 29.7 Å². The standard InChI is InChI=1S/C22H32F3N5O2S/c1-13(2)10-30(11-14(3)4)18-7-6-16(15(5)8-19(31)32)9-17(18)26-12-27-21-28-20(29-33-21)22(23,24)25/h6-7,9,13-15,26H,8,10-12H2,1-5H3,(H,31,32)(H,27,28,29)/t15-/m1/s1. The first-order chi connectivity index (χ1) is 15.4. The molecule has 2 aromatic rings. The zero-order valence-electron chi connectivity index (χ0n) is 19.5. The predicted octanol–water partition coefficient (Wildman–Crippen LogP) is 5.74. The van der Waals surface area contributed by atoms with Gasteiger partial charge >= 0.3 is 12.1 Å². The normalized spacial score (nSPS) is 12.8. The van der Waals surface area contributed by atoms with E-state index < -0.39 is 18.0 Å². The molecule has 3 N–H and O–H groups in total. The lowest BCUT2D eigenvalue weighted by molar-refractivity contribution is -0.144. The Kier molecular flexibility index (Phi) is 9.33. The highest BCUT2D eigenvalue weighted by molar-refractivity contribution is 7.09. The van der Waals surface area contributed by atoms with E-state index in [9.17, 15) is 18.0 Å². The molecule has 1 atom stereocenters. The van der Waals surface area contributed by atoms with Gasteiger partial charge in [-0.15, -0.1) is 0 Å². The van der Waals surface area contributed by atoms with Gasteiger partial charge in [-0.1, -0.05) is 40.7 Å². The monoisotopic (exact) mass is 487 g/mol. The third-order valence-corrected chi connectivity index (χ3v) is 5.45. The molecule has 0 aliphatic carbocycles. The third-order valence-electron chi connectivity index (χ3n) is 4.78. The lowest BCUT2D eigenvalue weighted by atomic mass is 9.96. The average Bonchev–Trinajstić information content (AvgIpc) is 3.15. The molecule has 33 heavy (non-hydrogen) atoms. The summed E-state index contributed by atoms with van der Waals surface area (Å²) in [6.07, 6.45) is -4.58. The van der Waals surface area contributed by atoms with E-state index in [0.717, 1.165) is 30.0 Å². The van der Waals surface area contributed by atoms with Crippen LogP contribution in [0.2, 0.25) is 0 Å². The van der Waals surface area contributed by atoms with Crippen LogP contribution in [0, 0.1) is 11.8 Å². The van der Waals surface area contributed by atoms with Gasteiger partial charge < -0.3 is 20.6 Å². The molecule has 0 radical (unpaired) electrons. The summed E-state index contributed by atoms with van der Waals surface area (Å²) in [5.41, 5.74) is 2.60. The first-order valence-electron chi connectivity index (χ1n) is 10.9. The maximum Gasteiger partial charge on any atom is 0.452 e.